The molecular formula is C14H15F3N2O2. The van der Waals surface area contributed by atoms with Gasteiger partial charge < -0.3 is 14.8 Å². The fourth-order valence-corrected chi connectivity index (χ4v) is 1.96. The van der Waals surface area contributed by atoms with Crippen molar-refractivity contribution in [1.82, 2.24) is 9.55 Å². The van der Waals surface area contributed by atoms with Gasteiger partial charge in [0.25, 0.3) is 0 Å². The van der Waals surface area contributed by atoms with Gasteiger partial charge in [0.2, 0.25) is 0 Å². The summed E-state index contributed by atoms with van der Waals surface area (Å²) in [5.74, 6) is -1.80. The zero-order valence-corrected chi connectivity index (χ0v) is 11.5. The Labute approximate surface area is 119 Å². The number of halogens is 3. The van der Waals surface area contributed by atoms with Gasteiger partial charge in [-0.05, 0) is 13.8 Å². The minimum Gasteiger partial charge on any atom is -0.362 e. The van der Waals surface area contributed by atoms with E-state index in [1.807, 2.05) is 0 Å². The first-order valence-electron chi connectivity index (χ1n) is 6.33. The molecular weight excluding hydrogens is 285 g/mol. The molecule has 2 aromatic rings. The predicted molar refractivity (Wildman–Crippen MR) is 70.1 cm³/mol. The molecule has 0 aliphatic heterocycles. The molecule has 21 heavy (non-hydrogen) atoms. The molecule has 0 fully saturated rings. The van der Waals surface area contributed by atoms with Crippen molar-refractivity contribution in [1.29, 1.82) is 0 Å². The van der Waals surface area contributed by atoms with Gasteiger partial charge in [0.05, 0.1) is 0 Å². The normalized spacial score (nSPS) is 12.7. The summed E-state index contributed by atoms with van der Waals surface area (Å²) in [6.07, 6.45) is -3.53. The molecule has 1 heterocycles. The molecule has 0 spiro atoms. The first-order valence-corrected chi connectivity index (χ1v) is 6.33. The summed E-state index contributed by atoms with van der Waals surface area (Å²) in [6, 6.07) is 5.90. The van der Waals surface area contributed by atoms with E-state index in [1.165, 1.54) is 35.8 Å². The molecule has 7 heteroatoms. The average Bonchev–Trinajstić information content (AvgIpc) is 2.81. The number of alkyl halides is 3. The Bertz CT molecular complexity index is 625. The predicted octanol–water partition coefficient (Wildman–Crippen LogP) is 2.75. The second-order valence-corrected chi connectivity index (χ2v) is 4.83. The summed E-state index contributed by atoms with van der Waals surface area (Å²) >= 11 is 0. The largest absolute Gasteiger partial charge is 0.434 e. The van der Waals surface area contributed by atoms with Crippen molar-refractivity contribution in [2.24, 2.45) is 0 Å². The van der Waals surface area contributed by atoms with Crippen LogP contribution in [0, 0.1) is 0 Å². The van der Waals surface area contributed by atoms with E-state index in [-0.39, 0.29) is 11.4 Å². The standard InChI is InChI=1S/C14H15F3N2O2/c1-3-19-8-11(14(15,16)17)18-12(19)9-4-6-10(7-5-9)13(2,20)21/h4-8,20-21H,3H2,1-2H3. The van der Waals surface area contributed by atoms with E-state index in [2.05, 4.69) is 4.98 Å². The van der Waals surface area contributed by atoms with Gasteiger partial charge in [-0.2, -0.15) is 13.2 Å². The Hall–Kier alpha value is -1.86. The fraction of sp³-hybridized carbons (Fsp3) is 0.357. The smallest absolute Gasteiger partial charge is 0.362 e. The Morgan fingerprint density at radius 3 is 2.14 bits per heavy atom. The molecule has 2 rings (SSSR count). The molecule has 0 unspecified atom stereocenters. The van der Waals surface area contributed by atoms with Crippen LogP contribution in [0.15, 0.2) is 30.5 Å². The van der Waals surface area contributed by atoms with Gasteiger partial charge >= 0.3 is 6.18 Å². The van der Waals surface area contributed by atoms with Crippen LogP contribution in [0.1, 0.15) is 25.1 Å². The molecule has 0 aliphatic carbocycles. The third-order valence-corrected chi connectivity index (χ3v) is 3.10. The molecule has 1 aromatic carbocycles. The lowest BCUT2D eigenvalue weighted by atomic mass is 10.1. The highest BCUT2D eigenvalue weighted by atomic mass is 19.4. The van der Waals surface area contributed by atoms with Crippen LogP contribution in [0.25, 0.3) is 11.4 Å². The zero-order valence-electron chi connectivity index (χ0n) is 11.5. The van der Waals surface area contributed by atoms with E-state index in [4.69, 9.17) is 0 Å². The number of aryl methyl sites for hydroxylation is 1. The van der Waals surface area contributed by atoms with Crippen molar-refractivity contribution in [2.75, 3.05) is 0 Å². The van der Waals surface area contributed by atoms with Crippen LogP contribution >= 0.6 is 0 Å². The van der Waals surface area contributed by atoms with Crippen LogP contribution in [0.5, 0.6) is 0 Å². The monoisotopic (exact) mass is 300 g/mol. The van der Waals surface area contributed by atoms with Crippen molar-refractivity contribution in [3.05, 3.63) is 41.7 Å². The van der Waals surface area contributed by atoms with Gasteiger partial charge in [-0.1, -0.05) is 24.3 Å². The van der Waals surface area contributed by atoms with Crippen molar-refractivity contribution < 1.29 is 23.4 Å². The number of benzene rings is 1. The first kappa shape index (κ1) is 15.5. The highest BCUT2D eigenvalue weighted by Gasteiger charge is 2.34. The summed E-state index contributed by atoms with van der Waals surface area (Å²) in [4.78, 5) is 3.63. The molecule has 0 atom stereocenters. The average molecular weight is 300 g/mol. The van der Waals surface area contributed by atoms with E-state index in [1.54, 1.807) is 6.92 Å². The lowest BCUT2D eigenvalue weighted by Gasteiger charge is -2.16. The molecule has 0 bridgehead atoms. The van der Waals surface area contributed by atoms with E-state index < -0.39 is 17.7 Å². The molecule has 0 amide bonds. The molecule has 0 saturated carbocycles. The minimum atomic E-state index is -4.50. The van der Waals surface area contributed by atoms with Gasteiger partial charge in [0, 0.05) is 23.9 Å². The summed E-state index contributed by atoms with van der Waals surface area (Å²) < 4.78 is 39.5. The Morgan fingerprint density at radius 2 is 1.71 bits per heavy atom. The Kier molecular flexibility index (Phi) is 3.81. The zero-order chi connectivity index (χ0) is 15.8. The molecule has 114 valence electrons. The molecule has 2 N–H and O–H groups in total. The molecule has 1 aromatic heterocycles. The van der Waals surface area contributed by atoms with Crippen molar-refractivity contribution in [3.63, 3.8) is 0 Å². The minimum absolute atomic E-state index is 0.189. The van der Waals surface area contributed by atoms with Gasteiger partial charge in [-0.15, -0.1) is 0 Å². The second-order valence-electron chi connectivity index (χ2n) is 4.83. The first-order chi connectivity index (χ1) is 9.63. The molecule has 0 radical (unpaired) electrons. The number of rotatable bonds is 3. The van der Waals surface area contributed by atoms with Crippen LogP contribution in [0.3, 0.4) is 0 Å². The third-order valence-electron chi connectivity index (χ3n) is 3.10. The van der Waals surface area contributed by atoms with E-state index in [0.717, 1.165) is 6.20 Å². The number of hydrogen-bond donors (Lipinski definition) is 2. The Balaban J connectivity index is 2.44. The van der Waals surface area contributed by atoms with Crippen LogP contribution < -0.4 is 0 Å². The maximum atomic E-state index is 12.7. The van der Waals surface area contributed by atoms with Gasteiger partial charge in [0.1, 0.15) is 5.82 Å². The second kappa shape index (κ2) is 5.16. The lowest BCUT2D eigenvalue weighted by molar-refractivity contribution is -0.152. The van der Waals surface area contributed by atoms with Gasteiger partial charge in [-0.25, -0.2) is 4.98 Å². The van der Waals surface area contributed by atoms with Crippen molar-refractivity contribution in [2.45, 2.75) is 32.4 Å². The van der Waals surface area contributed by atoms with Crippen LogP contribution in [-0.4, -0.2) is 19.8 Å². The summed E-state index contributed by atoms with van der Waals surface area (Å²) in [7, 11) is 0. The maximum Gasteiger partial charge on any atom is 0.434 e. The van der Waals surface area contributed by atoms with E-state index in [9.17, 15) is 23.4 Å². The maximum absolute atomic E-state index is 12.7. The number of hydrogen-bond acceptors (Lipinski definition) is 3. The highest BCUT2D eigenvalue weighted by molar-refractivity contribution is 5.57. The quantitative estimate of drug-likeness (QED) is 0.857. The number of imidazole rings is 1. The summed E-state index contributed by atoms with van der Waals surface area (Å²) in [5.41, 5.74) is -0.227. The van der Waals surface area contributed by atoms with Crippen molar-refractivity contribution in [3.8, 4) is 11.4 Å². The van der Waals surface area contributed by atoms with Crippen LogP contribution in [-0.2, 0) is 18.5 Å². The highest BCUT2D eigenvalue weighted by Crippen LogP contribution is 2.31. The lowest BCUT2D eigenvalue weighted by Crippen LogP contribution is -2.19. The van der Waals surface area contributed by atoms with E-state index >= 15 is 0 Å². The topological polar surface area (TPSA) is 58.3 Å². The van der Waals surface area contributed by atoms with Gasteiger partial charge in [0.15, 0.2) is 11.5 Å². The molecule has 0 aliphatic rings. The molecule has 0 saturated heterocycles. The van der Waals surface area contributed by atoms with E-state index in [0.29, 0.717) is 12.1 Å². The number of nitrogens with zero attached hydrogens (tertiary/aromatic N) is 2. The molecule has 4 nitrogen and oxygen atoms in total. The van der Waals surface area contributed by atoms with Crippen LogP contribution in [0.2, 0.25) is 0 Å². The Morgan fingerprint density at radius 1 is 1.14 bits per heavy atom. The SMILES string of the molecule is CCn1cc(C(F)(F)F)nc1-c1ccc(C(C)(O)O)cc1. The fourth-order valence-electron chi connectivity index (χ4n) is 1.96. The summed E-state index contributed by atoms with van der Waals surface area (Å²) in [5, 5.41) is 18.9. The number of aromatic nitrogens is 2. The summed E-state index contributed by atoms with van der Waals surface area (Å²) in [6.45, 7) is 3.27. The van der Waals surface area contributed by atoms with Crippen molar-refractivity contribution >= 4 is 0 Å². The third kappa shape index (κ3) is 3.25. The van der Waals surface area contributed by atoms with Crippen LogP contribution in [0.4, 0.5) is 13.2 Å². The number of aliphatic hydroxyl groups is 2. The van der Waals surface area contributed by atoms with Gasteiger partial charge in [-0.3, -0.25) is 0 Å².